The molecule has 0 saturated carbocycles. The SMILES string of the molecule is CC(C)(C)OC(=O)NCC(N)c1cc(F)c(F)cc1F. The van der Waals surface area contributed by atoms with Gasteiger partial charge in [0.2, 0.25) is 0 Å². The molecule has 0 aliphatic rings. The molecule has 0 aliphatic heterocycles. The van der Waals surface area contributed by atoms with Crippen molar-refractivity contribution in [1.82, 2.24) is 5.32 Å². The number of hydrogen-bond acceptors (Lipinski definition) is 3. The third-order valence-electron chi connectivity index (χ3n) is 2.30. The van der Waals surface area contributed by atoms with E-state index >= 15 is 0 Å². The van der Waals surface area contributed by atoms with Crippen molar-refractivity contribution in [3.05, 3.63) is 35.1 Å². The minimum atomic E-state index is -1.29. The summed E-state index contributed by atoms with van der Waals surface area (Å²) in [5.74, 6) is -3.46. The van der Waals surface area contributed by atoms with E-state index in [1.807, 2.05) is 0 Å². The second kappa shape index (κ2) is 6.13. The van der Waals surface area contributed by atoms with Crippen LogP contribution < -0.4 is 11.1 Å². The van der Waals surface area contributed by atoms with E-state index in [9.17, 15) is 18.0 Å². The zero-order valence-corrected chi connectivity index (χ0v) is 11.5. The molecule has 0 radical (unpaired) electrons. The highest BCUT2D eigenvalue weighted by atomic mass is 19.2. The van der Waals surface area contributed by atoms with Gasteiger partial charge in [-0.05, 0) is 26.8 Å². The average molecular weight is 290 g/mol. The Bertz CT molecular complexity index is 501. The fourth-order valence-corrected chi connectivity index (χ4v) is 1.44. The van der Waals surface area contributed by atoms with Crippen molar-refractivity contribution in [2.45, 2.75) is 32.4 Å². The maximum atomic E-state index is 13.4. The lowest BCUT2D eigenvalue weighted by Crippen LogP contribution is -2.36. The number of carbonyl (C=O) groups excluding carboxylic acids is 1. The van der Waals surface area contributed by atoms with Crippen molar-refractivity contribution in [1.29, 1.82) is 0 Å². The Morgan fingerprint density at radius 3 is 2.35 bits per heavy atom. The van der Waals surface area contributed by atoms with E-state index in [-0.39, 0.29) is 12.1 Å². The van der Waals surface area contributed by atoms with Crippen molar-refractivity contribution in [3.8, 4) is 0 Å². The van der Waals surface area contributed by atoms with Gasteiger partial charge in [0, 0.05) is 18.2 Å². The van der Waals surface area contributed by atoms with Crippen molar-refractivity contribution < 1.29 is 22.7 Å². The maximum absolute atomic E-state index is 13.4. The molecule has 1 rings (SSSR count). The number of benzene rings is 1. The van der Waals surface area contributed by atoms with Crippen molar-refractivity contribution in [3.63, 3.8) is 0 Å². The first kappa shape index (κ1) is 16.3. The summed E-state index contributed by atoms with van der Waals surface area (Å²) in [6.45, 7) is 4.88. The largest absolute Gasteiger partial charge is 0.444 e. The van der Waals surface area contributed by atoms with E-state index < -0.39 is 35.2 Å². The Morgan fingerprint density at radius 1 is 1.25 bits per heavy atom. The van der Waals surface area contributed by atoms with Gasteiger partial charge in [0.15, 0.2) is 11.6 Å². The maximum Gasteiger partial charge on any atom is 0.407 e. The molecule has 1 amide bonds. The molecule has 7 heteroatoms. The van der Waals surface area contributed by atoms with Crippen LogP contribution in [-0.2, 0) is 4.74 Å². The van der Waals surface area contributed by atoms with Crippen molar-refractivity contribution in [2.24, 2.45) is 5.73 Å². The van der Waals surface area contributed by atoms with Crippen LogP contribution in [0, 0.1) is 17.5 Å². The van der Waals surface area contributed by atoms with Gasteiger partial charge in [0.05, 0.1) is 6.04 Å². The number of amides is 1. The highest BCUT2D eigenvalue weighted by molar-refractivity contribution is 5.67. The molecule has 1 atom stereocenters. The zero-order valence-electron chi connectivity index (χ0n) is 11.5. The normalized spacial score (nSPS) is 12.9. The number of halogens is 3. The first-order chi connectivity index (χ1) is 9.10. The summed E-state index contributed by atoms with van der Waals surface area (Å²) in [4.78, 5) is 11.4. The number of nitrogens with two attached hydrogens (primary N) is 1. The van der Waals surface area contributed by atoms with Crippen LogP contribution in [0.1, 0.15) is 32.4 Å². The van der Waals surface area contributed by atoms with Crippen LogP contribution in [0.2, 0.25) is 0 Å². The average Bonchev–Trinajstić information content (AvgIpc) is 2.28. The number of carbonyl (C=O) groups is 1. The molecule has 1 aromatic carbocycles. The van der Waals surface area contributed by atoms with Crippen molar-refractivity contribution in [2.75, 3.05) is 6.54 Å². The lowest BCUT2D eigenvalue weighted by atomic mass is 10.1. The Balaban J connectivity index is 2.66. The van der Waals surface area contributed by atoms with Crippen LogP contribution in [0.25, 0.3) is 0 Å². The van der Waals surface area contributed by atoms with Crippen LogP contribution in [0.15, 0.2) is 12.1 Å². The molecule has 20 heavy (non-hydrogen) atoms. The molecule has 1 unspecified atom stereocenters. The van der Waals surface area contributed by atoms with E-state index in [0.717, 1.165) is 0 Å². The fraction of sp³-hybridized carbons (Fsp3) is 0.462. The summed E-state index contributed by atoms with van der Waals surface area (Å²) in [5, 5.41) is 2.33. The number of alkyl carbamates (subject to hydrolysis) is 1. The van der Waals surface area contributed by atoms with Crippen LogP contribution in [0.5, 0.6) is 0 Å². The monoisotopic (exact) mass is 290 g/mol. The summed E-state index contributed by atoms with van der Waals surface area (Å²) >= 11 is 0. The zero-order chi connectivity index (χ0) is 15.5. The summed E-state index contributed by atoms with van der Waals surface area (Å²) in [6.07, 6.45) is -0.726. The number of ether oxygens (including phenoxy) is 1. The number of rotatable bonds is 3. The molecular formula is C13H17F3N2O2. The van der Waals surface area contributed by atoms with Gasteiger partial charge in [-0.15, -0.1) is 0 Å². The van der Waals surface area contributed by atoms with E-state index in [1.165, 1.54) is 0 Å². The minimum absolute atomic E-state index is 0.170. The van der Waals surface area contributed by atoms with Crippen molar-refractivity contribution >= 4 is 6.09 Å². The van der Waals surface area contributed by atoms with Crippen LogP contribution in [-0.4, -0.2) is 18.2 Å². The molecule has 112 valence electrons. The van der Waals surface area contributed by atoms with Crippen LogP contribution >= 0.6 is 0 Å². The molecule has 0 saturated heterocycles. The Hall–Kier alpha value is -1.76. The Kier molecular flexibility index (Phi) is 4.99. The Labute approximate surface area is 115 Å². The third-order valence-corrected chi connectivity index (χ3v) is 2.30. The lowest BCUT2D eigenvalue weighted by Gasteiger charge is -2.21. The highest BCUT2D eigenvalue weighted by Gasteiger charge is 2.19. The van der Waals surface area contributed by atoms with E-state index in [4.69, 9.17) is 10.5 Å². The van der Waals surface area contributed by atoms with E-state index in [1.54, 1.807) is 20.8 Å². The number of nitrogens with one attached hydrogen (secondary N) is 1. The first-order valence-corrected chi connectivity index (χ1v) is 5.97. The summed E-state index contributed by atoms with van der Waals surface area (Å²) in [7, 11) is 0. The highest BCUT2D eigenvalue weighted by Crippen LogP contribution is 2.18. The molecule has 0 heterocycles. The van der Waals surface area contributed by atoms with Gasteiger partial charge in [-0.1, -0.05) is 0 Å². The molecule has 0 aliphatic carbocycles. The summed E-state index contributed by atoms with van der Waals surface area (Å²) in [6, 6.07) is 0.0713. The topological polar surface area (TPSA) is 64.3 Å². The van der Waals surface area contributed by atoms with Gasteiger partial charge < -0.3 is 15.8 Å². The van der Waals surface area contributed by atoms with Gasteiger partial charge in [0.25, 0.3) is 0 Å². The summed E-state index contributed by atoms with van der Waals surface area (Å²) in [5.41, 5.74) is 4.73. The van der Waals surface area contributed by atoms with Crippen LogP contribution in [0.3, 0.4) is 0 Å². The molecule has 0 spiro atoms. The van der Waals surface area contributed by atoms with Gasteiger partial charge in [-0.3, -0.25) is 0 Å². The van der Waals surface area contributed by atoms with E-state index in [0.29, 0.717) is 12.1 Å². The molecule has 4 nitrogen and oxygen atoms in total. The van der Waals surface area contributed by atoms with Gasteiger partial charge in [-0.2, -0.15) is 0 Å². The smallest absolute Gasteiger partial charge is 0.407 e. The third kappa shape index (κ3) is 4.73. The van der Waals surface area contributed by atoms with Crippen LogP contribution in [0.4, 0.5) is 18.0 Å². The molecule has 1 aromatic rings. The minimum Gasteiger partial charge on any atom is -0.444 e. The second-order valence-electron chi connectivity index (χ2n) is 5.28. The Morgan fingerprint density at radius 2 is 1.80 bits per heavy atom. The predicted octanol–water partition coefficient (Wildman–Crippen LogP) is 2.63. The molecule has 0 fully saturated rings. The molecule has 0 bridgehead atoms. The molecule has 0 aromatic heterocycles. The van der Waals surface area contributed by atoms with Gasteiger partial charge >= 0.3 is 6.09 Å². The van der Waals surface area contributed by atoms with Gasteiger partial charge in [0.1, 0.15) is 11.4 Å². The number of hydrogen-bond donors (Lipinski definition) is 2. The fourth-order valence-electron chi connectivity index (χ4n) is 1.44. The molecule has 3 N–H and O–H groups in total. The molecular weight excluding hydrogens is 273 g/mol. The first-order valence-electron chi connectivity index (χ1n) is 5.97. The standard InChI is InChI=1S/C13H17F3N2O2/c1-13(2,3)20-12(19)18-6-11(17)7-4-9(15)10(16)5-8(7)14/h4-5,11H,6,17H2,1-3H3,(H,18,19). The second-order valence-corrected chi connectivity index (χ2v) is 5.28. The van der Waals surface area contributed by atoms with Gasteiger partial charge in [-0.25, -0.2) is 18.0 Å². The predicted molar refractivity (Wildman–Crippen MR) is 67.5 cm³/mol. The van der Waals surface area contributed by atoms with E-state index in [2.05, 4.69) is 5.32 Å². The summed E-state index contributed by atoms with van der Waals surface area (Å²) < 4.78 is 44.2. The quantitative estimate of drug-likeness (QED) is 0.841. The lowest BCUT2D eigenvalue weighted by molar-refractivity contribution is 0.0524.